The van der Waals surface area contributed by atoms with Gasteiger partial charge in [-0.2, -0.15) is 8.42 Å². The maximum absolute atomic E-state index is 11.5. The van der Waals surface area contributed by atoms with E-state index in [1.807, 2.05) is 0 Å². The van der Waals surface area contributed by atoms with Gasteiger partial charge in [-0.1, -0.05) is 0 Å². The first-order valence-corrected chi connectivity index (χ1v) is 10.0. The number of aliphatic carboxylic acids is 1. The molecule has 2 aliphatic heterocycles. The van der Waals surface area contributed by atoms with Crippen molar-refractivity contribution < 1.29 is 71.9 Å². The van der Waals surface area contributed by atoms with Gasteiger partial charge in [0, 0.05) is 0 Å². The van der Waals surface area contributed by atoms with Gasteiger partial charge in [0.2, 0.25) is 0 Å². The molecule has 31 heavy (non-hydrogen) atoms. The summed E-state index contributed by atoms with van der Waals surface area (Å²) >= 11 is 0. The van der Waals surface area contributed by atoms with Crippen LogP contribution in [0.3, 0.4) is 0 Å². The summed E-state index contributed by atoms with van der Waals surface area (Å²) < 4.78 is 51.0. The van der Waals surface area contributed by atoms with Crippen LogP contribution >= 0.6 is 0 Å². The van der Waals surface area contributed by atoms with E-state index in [0.29, 0.717) is 0 Å². The fourth-order valence-electron chi connectivity index (χ4n) is 3.12. The molecule has 0 aromatic rings. The average Bonchev–Trinajstić information content (AvgIpc) is 2.64. The smallest absolute Gasteiger partial charge is 0.397 e. The van der Waals surface area contributed by atoms with E-state index in [0.717, 1.165) is 6.92 Å². The predicted molar refractivity (Wildman–Crippen MR) is 87.8 cm³/mol. The molecule has 0 aliphatic carbocycles. The number of carboxylic acids is 1. The molecule has 2 rings (SSSR count). The van der Waals surface area contributed by atoms with Crippen LogP contribution in [-0.4, -0.2) is 118 Å². The minimum Gasteiger partial charge on any atom is -0.862 e. The third-order valence-electron chi connectivity index (χ3n) is 4.47. The molecule has 0 saturated carbocycles. The van der Waals surface area contributed by atoms with Crippen molar-refractivity contribution in [3.05, 3.63) is 0 Å². The lowest BCUT2D eigenvalue weighted by molar-refractivity contribution is -0.362. The molecule has 10 atom stereocenters. The number of carbonyl (C=O) groups excluding carboxylic acids is 1. The zero-order chi connectivity index (χ0) is 23.7. The van der Waals surface area contributed by atoms with Crippen LogP contribution in [0.2, 0.25) is 0 Å². The summed E-state index contributed by atoms with van der Waals surface area (Å²) in [4.78, 5) is 14.6. The largest absolute Gasteiger partial charge is 0.862 e. The highest BCUT2D eigenvalue weighted by molar-refractivity contribution is 7.80. The Bertz CT molecular complexity index is 770. The quantitative estimate of drug-likeness (QED) is 0.113. The second kappa shape index (κ2) is 9.96. The number of aliphatic hydroxyl groups is 5. The molecule has 0 bridgehead atoms. The van der Waals surface area contributed by atoms with Gasteiger partial charge in [0.1, 0.15) is 48.8 Å². The molecule has 0 spiro atoms. The number of ether oxygens (including phenoxy) is 3. The highest BCUT2D eigenvalue weighted by atomic mass is 32.3. The number of aliphatic imine (C=N–C) groups is 1. The summed E-state index contributed by atoms with van der Waals surface area (Å²) in [6, 6.07) is -1.78. The zero-order valence-electron chi connectivity index (χ0n) is 15.7. The van der Waals surface area contributed by atoms with Gasteiger partial charge >= 0.3 is 10.4 Å². The van der Waals surface area contributed by atoms with Crippen LogP contribution < -0.4 is 10.2 Å². The van der Waals surface area contributed by atoms with Crippen LogP contribution in [0.4, 0.5) is 0 Å². The van der Waals surface area contributed by atoms with Gasteiger partial charge in [0.05, 0.1) is 12.6 Å². The second-order valence-electron chi connectivity index (χ2n) is 6.69. The van der Waals surface area contributed by atoms with E-state index in [4.69, 9.17) is 18.8 Å². The minimum absolute atomic E-state index is 0.914. The van der Waals surface area contributed by atoms with Crippen LogP contribution in [0.15, 0.2) is 4.99 Å². The fourth-order valence-corrected chi connectivity index (χ4v) is 3.64. The van der Waals surface area contributed by atoms with E-state index >= 15 is 0 Å². The highest BCUT2D eigenvalue weighted by Gasteiger charge is 2.52. The zero-order valence-corrected chi connectivity index (χ0v) is 16.5. The van der Waals surface area contributed by atoms with E-state index in [9.17, 15) is 49.0 Å². The molecule has 0 amide bonds. The molecule has 0 aromatic heterocycles. The number of hydrogen-bond acceptors (Lipinski definition) is 15. The molecule has 2 aliphatic rings. The number of aliphatic hydroxyl groups excluding tert-OH is 5. The Labute approximate surface area is 174 Å². The Kier molecular flexibility index (Phi) is 8.27. The topological polar surface area (TPSA) is 268 Å². The molecule has 17 heteroatoms. The van der Waals surface area contributed by atoms with Gasteiger partial charge in [-0.3, -0.25) is 9.55 Å². The average molecular weight is 475 g/mol. The summed E-state index contributed by atoms with van der Waals surface area (Å²) in [7, 11) is -5.24. The Hall–Kier alpha value is -1.51. The number of rotatable bonds is 7. The third kappa shape index (κ3) is 6.05. The lowest BCUT2D eigenvalue weighted by Crippen LogP contribution is -2.66. The number of hydrogen-bond donors (Lipinski definition) is 6. The Morgan fingerprint density at radius 1 is 1.06 bits per heavy atom. The summed E-state index contributed by atoms with van der Waals surface area (Å²) in [6.45, 7) is -0.0558. The maximum Gasteiger partial charge on any atom is 0.397 e. The van der Waals surface area contributed by atoms with Gasteiger partial charge in [-0.05, 0) is 12.8 Å². The monoisotopic (exact) mass is 475 g/mol. The molecule has 2 heterocycles. The lowest BCUT2D eigenvalue weighted by atomic mass is 9.95. The normalized spacial score (nSPS) is 42.4. The van der Waals surface area contributed by atoms with Crippen LogP contribution in [0.5, 0.6) is 0 Å². The summed E-state index contributed by atoms with van der Waals surface area (Å²) in [5.41, 5.74) is 0. The molecule has 0 aromatic carbocycles. The summed E-state index contributed by atoms with van der Waals surface area (Å²) in [5.74, 6) is -2.91. The van der Waals surface area contributed by atoms with E-state index in [1.165, 1.54) is 0 Å². The van der Waals surface area contributed by atoms with Crippen LogP contribution in [0.1, 0.15) is 6.92 Å². The number of carbonyl (C=O) groups is 1. The van der Waals surface area contributed by atoms with Crippen LogP contribution in [-0.2, 0) is 33.6 Å². The van der Waals surface area contributed by atoms with E-state index in [2.05, 4.69) is 9.18 Å². The van der Waals surface area contributed by atoms with Gasteiger partial charge in [0.25, 0.3) is 0 Å². The second-order valence-corrected chi connectivity index (χ2v) is 7.74. The predicted octanol–water partition coefficient (Wildman–Crippen LogP) is -7.03. The van der Waals surface area contributed by atoms with Crippen LogP contribution in [0, 0.1) is 0 Å². The summed E-state index contributed by atoms with van der Waals surface area (Å²) in [5, 5.41) is 71.8. The Morgan fingerprint density at radius 2 is 1.68 bits per heavy atom. The van der Waals surface area contributed by atoms with Gasteiger partial charge in [0.15, 0.2) is 12.6 Å². The fraction of sp³-hybridized carbons (Fsp3) is 0.857. The first-order chi connectivity index (χ1) is 14.3. The SMILES string of the molecule is CC([O-])=NC1C(O)OC(CO)C(OS(=O)(=O)O)C1OC1OC(C(=O)[O-])C(O)C(O)C1O. The van der Waals surface area contributed by atoms with Crippen molar-refractivity contribution >= 4 is 22.3 Å². The first-order valence-electron chi connectivity index (χ1n) is 8.64. The Balaban J connectivity index is 2.45. The minimum atomic E-state index is -5.24. The molecule has 10 unspecified atom stereocenters. The molecule has 2 saturated heterocycles. The van der Waals surface area contributed by atoms with Crippen molar-refractivity contribution in [1.82, 2.24) is 0 Å². The molecule has 0 radical (unpaired) electrons. The standard InChI is InChI=1S/C14H23NO15S/c1-3(17)15-5-10(9(30-31(24,25)26)4(2-16)27-13(5)23)28-14-8(20)6(18)7(19)11(29-14)12(21)22/h4-11,13-14,16,18-20,23H,2H2,1H3,(H,15,17)(H,21,22)(H,24,25,26)/p-2. The van der Waals surface area contributed by atoms with E-state index in [-0.39, 0.29) is 0 Å². The lowest BCUT2D eigenvalue weighted by Gasteiger charge is -2.46. The van der Waals surface area contributed by atoms with Gasteiger partial charge in [-0.15, -0.1) is 0 Å². The van der Waals surface area contributed by atoms with Gasteiger partial charge in [-0.25, -0.2) is 4.18 Å². The van der Waals surface area contributed by atoms with Crippen molar-refractivity contribution in [2.75, 3.05) is 6.61 Å². The Morgan fingerprint density at radius 3 is 2.16 bits per heavy atom. The molecule has 180 valence electrons. The first kappa shape index (κ1) is 25.7. The molecule has 16 nitrogen and oxygen atoms in total. The van der Waals surface area contributed by atoms with Crippen molar-refractivity contribution in [2.45, 2.75) is 68.3 Å². The molecular formula is C14H21NO15S-2. The third-order valence-corrected chi connectivity index (χ3v) is 4.94. The number of nitrogens with zero attached hydrogens (tertiary/aromatic N) is 1. The van der Waals surface area contributed by atoms with E-state index < -0.39 is 90.2 Å². The maximum atomic E-state index is 11.5. The highest BCUT2D eigenvalue weighted by Crippen LogP contribution is 2.32. The molecule has 2 fully saturated rings. The van der Waals surface area contributed by atoms with Crippen molar-refractivity contribution in [3.63, 3.8) is 0 Å². The molecule has 6 N–H and O–H groups in total. The van der Waals surface area contributed by atoms with Crippen LogP contribution in [0.25, 0.3) is 0 Å². The number of carboxylic acid groups (broad SMARTS) is 1. The van der Waals surface area contributed by atoms with Crippen molar-refractivity contribution in [2.24, 2.45) is 4.99 Å². The molecular weight excluding hydrogens is 454 g/mol. The summed E-state index contributed by atoms with van der Waals surface area (Å²) in [6.07, 6.45) is -18.3. The van der Waals surface area contributed by atoms with Crippen molar-refractivity contribution in [3.8, 4) is 0 Å². The van der Waals surface area contributed by atoms with Crippen molar-refractivity contribution in [1.29, 1.82) is 0 Å². The van der Waals surface area contributed by atoms with Gasteiger partial charge < -0.3 is 54.8 Å². The van der Waals surface area contributed by atoms with E-state index in [1.54, 1.807) is 0 Å².